The molecule has 4 aromatic rings. The largest absolute Gasteiger partial charge is 0.494 e. The van der Waals surface area contributed by atoms with E-state index in [9.17, 15) is 8.42 Å². The smallest absolute Gasteiger partial charge is 0.243 e. The first-order chi connectivity index (χ1) is 20.3. The van der Waals surface area contributed by atoms with Crippen LogP contribution in [0.25, 0.3) is 10.9 Å². The Labute approximate surface area is 249 Å². The van der Waals surface area contributed by atoms with Crippen LogP contribution in [-0.4, -0.2) is 60.4 Å². The molecule has 3 aromatic carbocycles. The van der Waals surface area contributed by atoms with Gasteiger partial charge in [0.05, 0.1) is 23.1 Å². The first-order valence-corrected chi connectivity index (χ1v) is 16.3. The number of benzene rings is 3. The molecule has 42 heavy (non-hydrogen) atoms. The molecule has 5 rings (SSSR count). The summed E-state index contributed by atoms with van der Waals surface area (Å²) in [5, 5.41) is 4.47. The van der Waals surface area contributed by atoms with Gasteiger partial charge < -0.3 is 10.1 Å². The van der Waals surface area contributed by atoms with E-state index in [1.54, 1.807) is 28.6 Å². The number of sulfonamides is 1. The fraction of sp³-hybridized carbons (Fsp3) is 0.394. The molecule has 1 aliphatic heterocycles. The number of hydrogen-bond donors (Lipinski definition) is 1. The van der Waals surface area contributed by atoms with E-state index in [1.807, 2.05) is 24.3 Å². The Hall–Kier alpha value is -3.53. The van der Waals surface area contributed by atoms with Crippen LogP contribution in [0.4, 0.5) is 11.5 Å². The topological polar surface area (TPSA) is 87.7 Å². The zero-order valence-electron chi connectivity index (χ0n) is 25.0. The van der Waals surface area contributed by atoms with E-state index in [-0.39, 0.29) is 6.04 Å². The molecule has 0 bridgehead atoms. The minimum atomic E-state index is -3.59. The van der Waals surface area contributed by atoms with Crippen LogP contribution >= 0.6 is 0 Å². The Morgan fingerprint density at radius 3 is 2.24 bits per heavy atom. The molecular formula is C33H41N5O3S. The highest BCUT2D eigenvalue weighted by atomic mass is 32.2. The predicted octanol–water partition coefficient (Wildman–Crippen LogP) is 6.74. The van der Waals surface area contributed by atoms with Crippen LogP contribution in [0.1, 0.15) is 63.9 Å². The monoisotopic (exact) mass is 587 g/mol. The summed E-state index contributed by atoms with van der Waals surface area (Å²) < 4.78 is 34.0. The van der Waals surface area contributed by atoms with Gasteiger partial charge in [0.25, 0.3) is 0 Å². The number of hydrogen-bond acceptors (Lipinski definition) is 7. The summed E-state index contributed by atoms with van der Waals surface area (Å²) in [6, 6.07) is 23.1. The molecule has 0 amide bonds. The van der Waals surface area contributed by atoms with Crippen molar-refractivity contribution >= 4 is 32.4 Å². The number of aromatic nitrogens is 2. The summed E-state index contributed by atoms with van der Waals surface area (Å²) >= 11 is 0. The van der Waals surface area contributed by atoms with Gasteiger partial charge in [-0.05, 0) is 73.4 Å². The molecule has 1 fully saturated rings. The molecular weight excluding hydrogens is 546 g/mol. The maximum atomic E-state index is 13.4. The van der Waals surface area contributed by atoms with Gasteiger partial charge in [-0.1, -0.05) is 51.5 Å². The van der Waals surface area contributed by atoms with Crippen molar-refractivity contribution in [3.8, 4) is 5.75 Å². The van der Waals surface area contributed by atoms with E-state index in [4.69, 9.17) is 14.7 Å². The Morgan fingerprint density at radius 1 is 0.881 bits per heavy atom. The van der Waals surface area contributed by atoms with Gasteiger partial charge in [-0.3, -0.25) is 4.90 Å². The summed E-state index contributed by atoms with van der Waals surface area (Å²) in [4.78, 5) is 12.4. The third-order valence-corrected chi connectivity index (χ3v) is 9.80. The van der Waals surface area contributed by atoms with Crippen LogP contribution in [-0.2, 0) is 10.0 Å². The minimum absolute atomic E-state index is 0.0807. The normalized spacial score (nSPS) is 15.6. The minimum Gasteiger partial charge on any atom is -0.494 e. The maximum Gasteiger partial charge on any atom is 0.243 e. The van der Waals surface area contributed by atoms with Gasteiger partial charge in [-0.25, -0.2) is 18.4 Å². The van der Waals surface area contributed by atoms with E-state index >= 15 is 0 Å². The lowest BCUT2D eigenvalue weighted by Gasteiger charge is -2.36. The molecule has 1 aromatic heterocycles. The molecule has 0 radical (unpaired) electrons. The summed E-state index contributed by atoms with van der Waals surface area (Å²) in [5.74, 6) is 2.64. The standard InChI is InChI=1S/C33H41N5O3S/c1-5-6-23-41-28-15-17-29(18-16-28)42(39,40)38-21-19-37(20-22-38)25(4)32-35-31-10-8-7-9-30(31)33(36-32)34-27-13-11-26(12-14-27)24(2)3/h7-18,24-25H,5-6,19-23H2,1-4H3,(H,34,35,36)/t25-/m0/s1. The number of anilines is 2. The number of unbranched alkanes of at least 4 members (excludes halogenated alkanes) is 1. The van der Waals surface area contributed by atoms with Crippen LogP contribution in [0.3, 0.4) is 0 Å². The Morgan fingerprint density at radius 2 is 1.57 bits per heavy atom. The molecule has 1 saturated heterocycles. The van der Waals surface area contributed by atoms with Crippen LogP contribution in [0.15, 0.2) is 77.7 Å². The second kappa shape index (κ2) is 13.2. The molecule has 0 unspecified atom stereocenters. The number of nitrogens with one attached hydrogen (secondary N) is 1. The summed E-state index contributed by atoms with van der Waals surface area (Å²) in [5.41, 5.74) is 3.14. The average molecular weight is 588 g/mol. The number of rotatable bonds is 11. The summed E-state index contributed by atoms with van der Waals surface area (Å²) in [7, 11) is -3.59. The van der Waals surface area contributed by atoms with Gasteiger partial charge in [0.1, 0.15) is 17.4 Å². The van der Waals surface area contributed by atoms with Crippen molar-refractivity contribution in [2.75, 3.05) is 38.1 Å². The van der Waals surface area contributed by atoms with Crippen LogP contribution in [0.2, 0.25) is 0 Å². The molecule has 1 atom stereocenters. The SMILES string of the molecule is CCCCOc1ccc(S(=O)(=O)N2CCN([C@@H](C)c3nc(Nc4ccc(C(C)C)cc4)c4ccccc4n3)CC2)cc1. The quantitative estimate of drug-likeness (QED) is 0.194. The highest BCUT2D eigenvalue weighted by molar-refractivity contribution is 7.89. The number of piperazine rings is 1. The number of nitrogens with zero attached hydrogens (tertiary/aromatic N) is 4. The zero-order valence-corrected chi connectivity index (χ0v) is 25.8. The van der Waals surface area contributed by atoms with Gasteiger partial charge >= 0.3 is 0 Å². The van der Waals surface area contributed by atoms with Crippen LogP contribution < -0.4 is 10.1 Å². The first kappa shape index (κ1) is 29.9. The number of ether oxygens (including phenoxy) is 1. The van der Waals surface area contributed by atoms with Gasteiger partial charge in [-0.2, -0.15) is 4.31 Å². The van der Waals surface area contributed by atoms with Crippen molar-refractivity contribution < 1.29 is 13.2 Å². The van der Waals surface area contributed by atoms with Crippen molar-refractivity contribution in [1.82, 2.24) is 19.2 Å². The van der Waals surface area contributed by atoms with Crippen molar-refractivity contribution in [3.63, 3.8) is 0 Å². The Balaban J connectivity index is 1.28. The van der Waals surface area contributed by atoms with E-state index < -0.39 is 10.0 Å². The van der Waals surface area contributed by atoms with Gasteiger partial charge in [0.2, 0.25) is 10.0 Å². The summed E-state index contributed by atoms with van der Waals surface area (Å²) in [6.45, 7) is 11.2. The average Bonchev–Trinajstić information content (AvgIpc) is 3.01. The molecule has 1 aliphatic rings. The van der Waals surface area contributed by atoms with Crippen LogP contribution in [0.5, 0.6) is 5.75 Å². The lowest BCUT2D eigenvalue weighted by atomic mass is 10.0. The van der Waals surface area contributed by atoms with Gasteiger partial charge in [0.15, 0.2) is 0 Å². The van der Waals surface area contributed by atoms with Gasteiger partial charge in [-0.15, -0.1) is 0 Å². The highest BCUT2D eigenvalue weighted by Crippen LogP contribution is 2.29. The van der Waals surface area contributed by atoms with E-state index in [0.29, 0.717) is 55.2 Å². The Kier molecular flexibility index (Phi) is 9.40. The molecule has 9 heteroatoms. The second-order valence-corrected chi connectivity index (χ2v) is 13.1. The van der Waals surface area contributed by atoms with Crippen molar-refractivity contribution in [1.29, 1.82) is 0 Å². The molecule has 0 spiro atoms. The van der Waals surface area contributed by atoms with E-state index in [0.717, 1.165) is 35.2 Å². The summed E-state index contributed by atoms with van der Waals surface area (Å²) in [6.07, 6.45) is 2.02. The molecule has 0 saturated carbocycles. The molecule has 0 aliphatic carbocycles. The lowest BCUT2D eigenvalue weighted by Crippen LogP contribution is -2.49. The first-order valence-electron chi connectivity index (χ1n) is 14.9. The third kappa shape index (κ3) is 6.75. The van der Waals surface area contributed by atoms with Crippen molar-refractivity contribution in [2.45, 2.75) is 57.4 Å². The maximum absolute atomic E-state index is 13.4. The highest BCUT2D eigenvalue weighted by Gasteiger charge is 2.31. The molecule has 8 nitrogen and oxygen atoms in total. The number of para-hydroxylation sites is 1. The fourth-order valence-corrected chi connectivity index (χ4v) is 6.57. The number of fused-ring (bicyclic) bond motifs is 1. The van der Waals surface area contributed by atoms with Crippen molar-refractivity contribution in [3.05, 3.63) is 84.2 Å². The Bertz CT molecular complexity index is 1580. The third-order valence-electron chi connectivity index (χ3n) is 7.88. The lowest BCUT2D eigenvalue weighted by molar-refractivity contribution is 0.141. The van der Waals surface area contributed by atoms with E-state index in [1.165, 1.54) is 5.56 Å². The second-order valence-electron chi connectivity index (χ2n) is 11.1. The van der Waals surface area contributed by atoms with Crippen molar-refractivity contribution in [2.24, 2.45) is 0 Å². The molecule has 222 valence electrons. The van der Waals surface area contributed by atoms with E-state index in [2.05, 4.69) is 62.2 Å². The zero-order chi connectivity index (χ0) is 29.7. The predicted molar refractivity (Wildman–Crippen MR) is 169 cm³/mol. The van der Waals surface area contributed by atoms with Crippen LogP contribution in [0, 0.1) is 0 Å². The van der Waals surface area contributed by atoms with Gasteiger partial charge in [0, 0.05) is 37.3 Å². The molecule has 2 heterocycles. The molecule has 1 N–H and O–H groups in total. The fourth-order valence-electron chi connectivity index (χ4n) is 5.15.